The summed E-state index contributed by atoms with van der Waals surface area (Å²) in [6, 6.07) is 13.0. The van der Waals surface area contributed by atoms with Crippen molar-refractivity contribution in [2.75, 3.05) is 6.61 Å². The summed E-state index contributed by atoms with van der Waals surface area (Å²) in [5, 5.41) is 0.463. The quantitative estimate of drug-likeness (QED) is 0.312. The Balaban J connectivity index is 1.73. The highest BCUT2D eigenvalue weighted by atomic mass is 19.1. The van der Waals surface area contributed by atoms with Crippen LogP contribution in [-0.2, 0) is 6.42 Å². The molecule has 1 aromatic heterocycles. The lowest BCUT2D eigenvalue weighted by atomic mass is 10.0. The van der Waals surface area contributed by atoms with E-state index in [1.807, 2.05) is 24.3 Å². The van der Waals surface area contributed by atoms with Gasteiger partial charge in [0.1, 0.15) is 11.1 Å². The molecule has 30 heavy (non-hydrogen) atoms. The molecule has 0 N–H and O–H groups in total. The van der Waals surface area contributed by atoms with E-state index in [9.17, 15) is 9.18 Å². The van der Waals surface area contributed by atoms with Crippen LogP contribution in [0.3, 0.4) is 0 Å². The Kier molecular flexibility index (Phi) is 8.06. The molecule has 3 rings (SSSR count). The van der Waals surface area contributed by atoms with Crippen molar-refractivity contribution in [3.05, 3.63) is 64.3 Å². The molecule has 0 aliphatic carbocycles. The first-order valence-corrected chi connectivity index (χ1v) is 11.1. The van der Waals surface area contributed by atoms with Gasteiger partial charge in [0.15, 0.2) is 11.6 Å². The van der Waals surface area contributed by atoms with Gasteiger partial charge in [-0.2, -0.15) is 0 Å². The minimum absolute atomic E-state index is 0.0539. The number of ether oxygens (including phenoxy) is 1. The lowest BCUT2D eigenvalue weighted by molar-refractivity contribution is 0.291. The topological polar surface area (TPSA) is 39.4 Å². The lowest BCUT2D eigenvalue weighted by Gasteiger charge is -2.10. The molecule has 0 saturated heterocycles. The van der Waals surface area contributed by atoms with Crippen molar-refractivity contribution in [1.82, 2.24) is 0 Å². The fraction of sp³-hybridized carbons (Fsp3) is 0.423. The van der Waals surface area contributed by atoms with Crippen LogP contribution in [0.5, 0.6) is 5.75 Å². The molecule has 3 nitrogen and oxygen atoms in total. The maximum absolute atomic E-state index is 14.9. The Labute approximate surface area is 177 Å². The van der Waals surface area contributed by atoms with Crippen molar-refractivity contribution < 1.29 is 13.5 Å². The van der Waals surface area contributed by atoms with Crippen molar-refractivity contribution in [3.63, 3.8) is 0 Å². The van der Waals surface area contributed by atoms with Crippen LogP contribution in [0.25, 0.3) is 22.1 Å². The molecule has 0 bridgehead atoms. The number of hydrogen-bond acceptors (Lipinski definition) is 3. The van der Waals surface area contributed by atoms with Crippen LogP contribution in [0.4, 0.5) is 4.39 Å². The van der Waals surface area contributed by atoms with Crippen molar-refractivity contribution in [3.8, 4) is 17.1 Å². The first kappa shape index (κ1) is 22.1. The molecule has 3 aromatic rings. The largest absolute Gasteiger partial charge is 0.490 e. The van der Waals surface area contributed by atoms with Crippen LogP contribution in [0, 0.1) is 5.82 Å². The molecule has 0 atom stereocenters. The van der Waals surface area contributed by atoms with Crippen LogP contribution in [0.2, 0.25) is 0 Å². The van der Waals surface area contributed by atoms with Crippen LogP contribution >= 0.6 is 0 Å². The smallest absolute Gasteiger partial charge is 0.347 e. The summed E-state index contributed by atoms with van der Waals surface area (Å²) < 4.78 is 25.9. The first-order chi connectivity index (χ1) is 14.6. The van der Waals surface area contributed by atoms with Crippen molar-refractivity contribution in [2.24, 2.45) is 0 Å². The fourth-order valence-electron chi connectivity index (χ4n) is 3.66. The standard InChI is InChI=1S/C26H31FO3/c1-3-5-6-7-8-9-17-29-22-16-15-21-18-23(30-26(28)24(21)25(22)27)20-13-11-19(10-4-2)12-14-20/h11-16,18H,3-10,17H2,1-2H3. The second-order valence-corrected chi connectivity index (χ2v) is 7.80. The Bertz CT molecular complexity index is 1010. The highest BCUT2D eigenvalue weighted by molar-refractivity contribution is 5.86. The van der Waals surface area contributed by atoms with Gasteiger partial charge in [-0.25, -0.2) is 9.18 Å². The molecule has 2 aromatic carbocycles. The molecule has 0 aliphatic heterocycles. The van der Waals surface area contributed by atoms with Gasteiger partial charge < -0.3 is 9.15 Å². The maximum Gasteiger partial charge on any atom is 0.347 e. The molecule has 0 aliphatic rings. The summed E-state index contributed by atoms with van der Waals surface area (Å²) in [5.41, 5.74) is 1.36. The second kappa shape index (κ2) is 11.0. The minimum atomic E-state index is -0.678. The van der Waals surface area contributed by atoms with E-state index in [-0.39, 0.29) is 11.1 Å². The van der Waals surface area contributed by atoms with Gasteiger partial charge in [0.05, 0.1) is 6.61 Å². The number of hydrogen-bond donors (Lipinski definition) is 0. The molecule has 0 unspecified atom stereocenters. The van der Waals surface area contributed by atoms with Crippen LogP contribution in [0.1, 0.15) is 64.4 Å². The van der Waals surface area contributed by atoms with E-state index >= 15 is 0 Å². The summed E-state index contributed by atoms with van der Waals surface area (Å²) in [5.74, 6) is -0.0900. The maximum atomic E-state index is 14.9. The van der Waals surface area contributed by atoms with Gasteiger partial charge in [0.25, 0.3) is 0 Å². The van der Waals surface area contributed by atoms with Crippen molar-refractivity contribution in [1.29, 1.82) is 0 Å². The highest BCUT2D eigenvalue weighted by Crippen LogP contribution is 2.28. The second-order valence-electron chi connectivity index (χ2n) is 7.80. The number of rotatable bonds is 11. The van der Waals surface area contributed by atoms with Gasteiger partial charge in [-0.3, -0.25) is 0 Å². The van der Waals surface area contributed by atoms with E-state index in [0.29, 0.717) is 17.8 Å². The van der Waals surface area contributed by atoms with Crippen molar-refractivity contribution in [2.45, 2.75) is 65.2 Å². The van der Waals surface area contributed by atoms with E-state index in [1.165, 1.54) is 31.2 Å². The zero-order valence-corrected chi connectivity index (χ0v) is 18.0. The number of halogens is 1. The molecular formula is C26H31FO3. The summed E-state index contributed by atoms with van der Waals surface area (Å²) in [4.78, 5) is 12.5. The molecule has 0 saturated carbocycles. The molecule has 0 spiro atoms. The average molecular weight is 411 g/mol. The normalized spacial score (nSPS) is 11.2. The third-order valence-electron chi connectivity index (χ3n) is 5.36. The fourth-order valence-corrected chi connectivity index (χ4v) is 3.66. The number of unbranched alkanes of at least 4 members (excludes halogenated alkanes) is 5. The van der Waals surface area contributed by atoms with E-state index in [4.69, 9.17) is 9.15 Å². The zero-order valence-electron chi connectivity index (χ0n) is 18.0. The number of benzene rings is 2. The lowest BCUT2D eigenvalue weighted by Crippen LogP contribution is -2.06. The minimum Gasteiger partial charge on any atom is -0.490 e. The van der Waals surface area contributed by atoms with Gasteiger partial charge in [0.2, 0.25) is 0 Å². The average Bonchev–Trinajstić information content (AvgIpc) is 2.75. The third-order valence-corrected chi connectivity index (χ3v) is 5.36. The van der Waals surface area contributed by atoms with E-state index in [2.05, 4.69) is 13.8 Å². The van der Waals surface area contributed by atoms with Crippen LogP contribution in [0.15, 0.2) is 51.7 Å². The van der Waals surface area contributed by atoms with Gasteiger partial charge >= 0.3 is 5.63 Å². The van der Waals surface area contributed by atoms with Crippen LogP contribution < -0.4 is 10.4 Å². The molecule has 0 amide bonds. The van der Waals surface area contributed by atoms with E-state index in [0.717, 1.165) is 31.2 Å². The molecule has 0 radical (unpaired) electrons. The number of fused-ring (bicyclic) bond motifs is 1. The predicted octanol–water partition coefficient (Wildman–Crippen LogP) is 7.29. The molecule has 0 fully saturated rings. The molecule has 160 valence electrons. The zero-order chi connectivity index (χ0) is 21.3. The van der Waals surface area contributed by atoms with Gasteiger partial charge in [-0.15, -0.1) is 0 Å². The van der Waals surface area contributed by atoms with E-state index < -0.39 is 11.4 Å². The van der Waals surface area contributed by atoms with Gasteiger partial charge in [0, 0.05) is 5.56 Å². The predicted molar refractivity (Wildman–Crippen MR) is 121 cm³/mol. The Morgan fingerprint density at radius 1 is 0.900 bits per heavy atom. The Morgan fingerprint density at radius 3 is 2.37 bits per heavy atom. The summed E-state index contributed by atoms with van der Waals surface area (Å²) in [6.45, 7) is 4.77. The third kappa shape index (κ3) is 5.50. The SMILES string of the molecule is CCCCCCCCOc1ccc2cc(-c3ccc(CCC)cc3)oc(=O)c2c1F. The monoisotopic (exact) mass is 410 g/mol. The van der Waals surface area contributed by atoms with Crippen LogP contribution in [-0.4, -0.2) is 6.61 Å². The molecular weight excluding hydrogens is 379 g/mol. The van der Waals surface area contributed by atoms with Gasteiger partial charge in [-0.05, 0) is 35.9 Å². The van der Waals surface area contributed by atoms with Crippen molar-refractivity contribution >= 4 is 10.8 Å². The Morgan fingerprint density at radius 2 is 1.63 bits per heavy atom. The Hall–Kier alpha value is -2.62. The summed E-state index contributed by atoms with van der Waals surface area (Å²) in [7, 11) is 0. The highest BCUT2D eigenvalue weighted by Gasteiger charge is 2.15. The van der Waals surface area contributed by atoms with E-state index in [1.54, 1.807) is 18.2 Å². The molecule has 1 heterocycles. The number of aryl methyl sites for hydroxylation is 1. The van der Waals surface area contributed by atoms with Gasteiger partial charge in [-0.1, -0.05) is 82.7 Å². The summed E-state index contributed by atoms with van der Waals surface area (Å²) in [6.07, 6.45) is 8.89. The summed E-state index contributed by atoms with van der Waals surface area (Å²) >= 11 is 0. The first-order valence-electron chi connectivity index (χ1n) is 11.1. The molecule has 4 heteroatoms.